The molecule has 1 aromatic carbocycles. The average Bonchev–Trinajstić information content (AvgIpc) is 3.42. The van der Waals surface area contributed by atoms with E-state index in [0.29, 0.717) is 11.5 Å². The molecule has 2 aliphatic rings. The summed E-state index contributed by atoms with van der Waals surface area (Å²) in [4.78, 5) is 38.3. The SMILES string of the molecule is CC1(c2ccc(F)cc2)NC(=O)N(CC(=O)NC(C)(CN)C2CC2)C1=O.Cl. The number of imide groups is 1. The van der Waals surface area contributed by atoms with Crippen LogP contribution in [0, 0.1) is 11.7 Å². The molecule has 1 saturated heterocycles. The number of halogens is 2. The molecule has 0 spiro atoms. The molecule has 3 rings (SSSR count). The van der Waals surface area contributed by atoms with Gasteiger partial charge in [0.2, 0.25) is 5.91 Å². The van der Waals surface area contributed by atoms with Gasteiger partial charge in [0.15, 0.2) is 0 Å². The fourth-order valence-electron chi connectivity index (χ4n) is 3.36. The van der Waals surface area contributed by atoms with Gasteiger partial charge >= 0.3 is 6.03 Å². The van der Waals surface area contributed by atoms with Crippen molar-refractivity contribution in [2.45, 2.75) is 37.8 Å². The van der Waals surface area contributed by atoms with E-state index in [1.807, 2.05) is 6.92 Å². The quantitative estimate of drug-likeness (QED) is 0.627. The van der Waals surface area contributed by atoms with E-state index in [1.54, 1.807) is 0 Å². The van der Waals surface area contributed by atoms with Gasteiger partial charge in [-0.3, -0.25) is 14.5 Å². The molecule has 1 aliphatic carbocycles. The van der Waals surface area contributed by atoms with E-state index in [4.69, 9.17) is 5.73 Å². The minimum atomic E-state index is -1.33. The van der Waals surface area contributed by atoms with E-state index < -0.39 is 34.7 Å². The van der Waals surface area contributed by atoms with Crippen LogP contribution < -0.4 is 16.4 Å². The summed E-state index contributed by atoms with van der Waals surface area (Å²) in [7, 11) is 0. The van der Waals surface area contributed by atoms with Gasteiger partial charge in [-0.2, -0.15) is 0 Å². The van der Waals surface area contributed by atoms with Crippen LogP contribution in [0.1, 0.15) is 32.3 Å². The Morgan fingerprint density at radius 2 is 1.96 bits per heavy atom. The number of nitrogens with one attached hydrogen (secondary N) is 2. The fraction of sp³-hybridized carbons (Fsp3) is 0.500. The van der Waals surface area contributed by atoms with Gasteiger partial charge in [-0.15, -0.1) is 12.4 Å². The Balaban J connectivity index is 0.00000261. The Morgan fingerprint density at radius 3 is 2.48 bits per heavy atom. The molecule has 7 nitrogen and oxygen atoms in total. The smallest absolute Gasteiger partial charge is 0.325 e. The number of benzene rings is 1. The van der Waals surface area contributed by atoms with Gasteiger partial charge in [0.25, 0.3) is 5.91 Å². The van der Waals surface area contributed by atoms with Crippen molar-refractivity contribution in [1.82, 2.24) is 15.5 Å². The highest BCUT2D eigenvalue weighted by atomic mass is 35.5. The molecule has 9 heteroatoms. The van der Waals surface area contributed by atoms with Crippen LogP contribution in [0.4, 0.5) is 9.18 Å². The van der Waals surface area contributed by atoms with E-state index in [9.17, 15) is 18.8 Å². The molecule has 0 radical (unpaired) electrons. The molecule has 2 unspecified atom stereocenters. The Bertz CT molecular complexity index is 755. The predicted molar refractivity (Wildman–Crippen MR) is 99.6 cm³/mol. The molecule has 1 aromatic rings. The molecule has 0 aromatic heterocycles. The van der Waals surface area contributed by atoms with Gasteiger partial charge < -0.3 is 16.4 Å². The fourth-order valence-corrected chi connectivity index (χ4v) is 3.36. The molecule has 2 fully saturated rings. The molecular weight excluding hydrogens is 375 g/mol. The largest absolute Gasteiger partial charge is 0.348 e. The summed E-state index contributed by atoms with van der Waals surface area (Å²) in [5.41, 5.74) is 4.37. The molecule has 2 atom stereocenters. The zero-order valence-corrected chi connectivity index (χ0v) is 16.1. The van der Waals surface area contributed by atoms with E-state index in [-0.39, 0.29) is 25.5 Å². The van der Waals surface area contributed by atoms with Crippen molar-refractivity contribution in [3.63, 3.8) is 0 Å². The number of urea groups is 1. The lowest BCUT2D eigenvalue weighted by atomic mass is 9.92. The molecular formula is C18H24ClFN4O3. The zero-order valence-electron chi connectivity index (χ0n) is 15.3. The highest BCUT2D eigenvalue weighted by molar-refractivity contribution is 6.09. The number of hydrogen-bond acceptors (Lipinski definition) is 4. The third-order valence-electron chi connectivity index (χ3n) is 5.33. The van der Waals surface area contributed by atoms with Gasteiger partial charge in [-0.05, 0) is 50.3 Å². The van der Waals surface area contributed by atoms with E-state index in [2.05, 4.69) is 10.6 Å². The number of nitrogens with zero attached hydrogens (tertiary/aromatic N) is 1. The summed E-state index contributed by atoms with van der Waals surface area (Å²) in [6.07, 6.45) is 2.00. The first-order valence-electron chi connectivity index (χ1n) is 8.61. The van der Waals surface area contributed by atoms with Crippen molar-refractivity contribution in [1.29, 1.82) is 0 Å². The molecule has 148 valence electrons. The second-order valence-electron chi connectivity index (χ2n) is 7.40. The maximum absolute atomic E-state index is 13.1. The summed E-state index contributed by atoms with van der Waals surface area (Å²) in [6, 6.07) is 4.67. The highest BCUT2D eigenvalue weighted by Gasteiger charge is 2.50. The van der Waals surface area contributed by atoms with Crippen LogP contribution >= 0.6 is 12.4 Å². The van der Waals surface area contributed by atoms with Crippen LogP contribution in [0.2, 0.25) is 0 Å². The van der Waals surface area contributed by atoms with E-state index in [0.717, 1.165) is 17.7 Å². The Kier molecular flexibility index (Phi) is 5.82. The van der Waals surface area contributed by atoms with Crippen LogP contribution in [0.5, 0.6) is 0 Å². The van der Waals surface area contributed by atoms with Gasteiger partial charge in [0.1, 0.15) is 17.9 Å². The third-order valence-corrected chi connectivity index (χ3v) is 5.33. The van der Waals surface area contributed by atoms with Gasteiger partial charge in [0, 0.05) is 6.54 Å². The first kappa shape index (κ1) is 21.1. The molecule has 27 heavy (non-hydrogen) atoms. The lowest BCUT2D eigenvalue weighted by molar-refractivity contribution is -0.135. The lowest BCUT2D eigenvalue weighted by Gasteiger charge is -2.30. The first-order valence-corrected chi connectivity index (χ1v) is 8.61. The van der Waals surface area contributed by atoms with Crippen molar-refractivity contribution in [3.05, 3.63) is 35.6 Å². The molecule has 0 bridgehead atoms. The Labute approximate surface area is 163 Å². The Morgan fingerprint density at radius 1 is 1.37 bits per heavy atom. The number of carbonyl (C=O) groups excluding carboxylic acids is 3. The van der Waals surface area contributed by atoms with Crippen molar-refractivity contribution in [2.75, 3.05) is 13.1 Å². The predicted octanol–water partition coefficient (Wildman–Crippen LogP) is 1.26. The average molecular weight is 399 g/mol. The number of nitrogens with two attached hydrogens (primary N) is 1. The standard InChI is InChI=1S/C18H23FN4O3.ClH/c1-17(10-20,11-3-4-11)21-14(24)9-23-15(25)18(2,22-16(23)26)12-5-7-13(19)8-6-12;/h5-8,11H,3-4,9-10,20H2,1-2H3,(H,21,24)(H,22,26);1H. The van der Waals surface area contributed by atoms with Crippen LogP contribution in [0.15, 0.2) is 24.3 Å². The monoisotopic (exact) mass is 398 g/mol. The minimum Gasteiger partial charge on any atom is -0.348 e. The zero-order chi connectivity index (χ0) is 19.1. The van der Waals surface area contributed by atoms with Gasteiger partial charge in [-0.1, -0.05) is 12.1 Å². The highest BCUT2D eigenvalue weighted by Crippen LogP contribution is 2.39. The normalized spacial score (nSPS) is 24.1. The third kappa shape index (κ3) is 3.91. The molecule has 4 amide bonds. The van der Waals surface area contributed by atoms with Crippen LogP contribution in [0.25, 0.3) is 0 Å². The van der Waals surface area contributed by atoms with Crippen molar-refractivity contribution in [2.24, 2.45) is 11.7 Å². The summed E-state index contributed by atoms with van der Waals surface area (Å²) in [5.74, 6) is -1.10. The summed E-state index contributed by atoms with van der Waals surface area (Å²) >= 11 is 0. The minimum absolute atomic E-state index is 0. The van der Waals surface area contributed by atoms with Crippen molar-refractivity contribution < 1.29 is 18.8 Å². The Hall–Kier alpha value is -2.19. The number of rotatable bonds is 6. The first-order chi connectivity index (χ1) is 12.2. The molecule has 1 heterocycles. The van der Waals surface area contributed by atoms with Crippen LogP contribution in [-0.2, 0) is 15.1 Å². The van der Waals surface area contributed by atoms with Crippen LogP contribution in [-0.4, -0.2) is 41.4 Å². The summed E-state index contributed by atoms with van der Waals surface area (Å²) < 4.78 is 13.1. The van der Waals surface area contributed by atoms with E-state index >= 15 is 0 Å². The summed E-state index contributed by atoms with van der Waals surface area (Å²) in [5, 5.41) is 5.45. The van der Waals surface area contributed by atoms with Crippen LogP contribution in [0.3, 0.4) is 0 Å². The van der Waals surface area contributed by atoms with Crippen molar-refractivity contribution in [3.8, 4) is 0 Å². The number of hydrogen-bond donors (Lipinski definition) is 3. The second kappa shape index (κ2) is 7.44. The topological polar surface area (TPSA) is 105 Å². The van der Waals surface area contributed by atoms with Gasteiger partial charge in [-0.25, -0.2) is 9.18 Å². The summed E-state index contributed by atoms with van der Waals surface area (Å²) in [6.45, 7) is 3.31. The van der Waals surface area contributed by atoms with Crippen molar-refractivity contribution >= 4 is 30.3 Å². The molecule has 1 aliphatic heterocycles. The maximum atomic E-state index is 13.1. The van der Waals surface area contributed by atoms with Gasteiger partial charge in [0.05, 0.1) is 5.54 Å². The lowest BCUT2D eigenvalue weighted by Crippen LogP contribution is -2.55. The maximum Gasteiger partial charge on any atom is 0.325 e. The second-order valence-corrected chi connectivity index (χ2v) is 7.40. The van der Waals surface area contributed by atoms with E-state index in [1.165, 1.54) is 31.2 Å². The molecule has 1 saturated carbocycles. The number of amides is 4. The number of carbonyl (C=O) groups is 3. The molecule has 4 N–H and O–H groups in total.